The van der Waals surface area contributed by atoms with Crippen molar-refractivity contribution in [2.24, 2.45) is 5.41 Å². The summed E-state index contributed by atoms with van der Waals surface area (Å²) in [5.74, 6) is -0.132. The van der Waals surface area contributed by atoms with Crippen molar-refractivity contribution in [3.63, 3.8) is 0 Å². The molecule has 2 unspecified atom stereocenters. The van der Waals surface area contributed by atoms with Gasteiger partial charge in [0.05, 0.1) is 12.1 Å². The van der Waals surface area contributed by atoms with Crippen LogP contribution in [0.1, 0.15) is 37.7 Å². The molecule has 23 heavy (non-hydrogen) atoms. The van der Waals surface area contributed by atoms with Crippen molar-refractivity contribution in [3.05, 3.63) is 34.2 Å². The van der Waals surface area contributed by atoms with Gasteiger partial charge in [0.15, 0.2) is 0 Å². The van der Waals surface area contributed by atoms with Crippen LogP contribution in [0.5, 0.6) is 0 Å². The first-order chi connectivity index (χ1) is 11.1. The molecule has 6 nitrogen and oxygen atoms in total. The summed E-state index contributed by atoms with van der Waals surface area (Å²) in [5.41, 5.74) is 0.567. The van der Waals surface area contributed by atoms with Crippen molar-refractivity contribution in [2.75, 3.05) is 6.54 Å². The largest absolute Gasteiger partial charge is 0.339 e. The Balaban J connectivity index is 1.59. The number of nitriles is 1. The summed E-state index contributed by atoms with van der Waals surface area (Å²) in [5, 5.41) is 15.4. The first-order valence-corrected chi connectivity index (χ1v) is 8.22. The van der Waals surface area contributed by atoms with Crippen LogP contribution in [-0.2, 0) is 11.2 Å². The molecule has 3 rings (SSSR count). The number of nitrogens with one attached hydrogen (secondary N) is 3. The van der Waals surface area contributed by atoms with Crippen molar-refractivity contribution >= 4 is 5.91 Å². The summed E-state index contributed by atoms with van der Waals surface area (Å²) in [7, 11) is 0. The minimum Gasteiger partial charge on any atom is -0.339 e. The van der Waals surface area contributed by atoms with Gasteiger partial charge in [-0.25, -0.2) is 0 Å². The third kappa shape index (κ3) is 3.45. The number of aromatic nitrogens is 1. The minimum absolute atomic E-state index is 0.132. The first-order valence-electron chi connectivity index (χ1n) is 8.22. The lowest BCUT2D eigenvalue weighted by molar-refractivity contribution is -0.123. The molecular weight excluding hydrogens is 292 g/mol. The lowest BCUT2D eigenvalue weighted by atomic mass is 9.84. The van der Waals surface area contributed by atoms with Crippen LogP contribution in [0.15, 0.2) is 23.1 Å². The molecular formula is C17H22N4O2. The molecule has 6 heteroatoms. The van der Waals surface area contributed by atoms with Crippen molar-refractivity contribution in [1.82, 2.24) is 15.6 Å². The van der Waals surface area contributed by atoms with Crippen LogP contribution < -0.4 is 16.2 Å². The summed E-state index contributed by atoms with van der Waals surface area (Å²) in [6.07, 6.45) is 7.48. The van der Waals surface area contributed by atoms with E-state index in [9.17, 15) is 14.9 Å². The number of nitrogens with zero attached hydrogens (tertiary/aromatic N) is 1. The molecule has 1 saturated heterocycles. The zero-order chi connectivity index (χ0) is 16.3. The molecule has 3 N–H and O–H groups in total. The normalized spacial score (nSPS) is 23.5. The quantitative estimate of drug-likeness (QED) is 0.767. The number of carbonyl (C=O) groups excluding carboxylic acids is 1. The maximum absolute atomic E-state index is 12.4. The van der Waals surface area contributed by atoms with Crippen LogP contribution in [0.2, 0.25) is 0 Å². The minimum atomic E-state index is -0.687. The van der Waals surface area contributed by atoms with Crippen molar-refractivity contribution in [2.45, 2.75) is 50.6 Å². The van der Waals surface area contributed by atoms with Gasteiger partial charge in [0.1, 0.15) is 6.04 Å². The second-order valence-electron chi connectivity index (χ2n) is 6.76. The van der Waals surface area contributed by atoms with Crippen LogP contribution in [0, 0.1) is 16.7 Å². The van der Waals surface area contributed by atoms with Gasteiger partial charge in [-0.15, -0.1) is 0 Å². The van der Waals surface area contributed by atoms with Gasteiger partial charge in [-0.3, -0.25) is 9.59 Å². The Morgan fingerprint density at radius 3 is 2.96 bits per heavy atom. The van der Waals surface area contributed by atoms with E-state index in [2.05, 4.69) is 21.7 Å². The molecule has 0 aromatic carbocycles. The molecule has 2 heterocycles. The van der Waals surface area contributed by atoms with Gasteiger partial charge in [0, 0.05) is 24.7 Å². The highest BCUT2D eigenvalue weighted by molar-refractivity contribution is 5.82. The second kappa shape index (κ2) is 6.55. The average molecular weight is 314 g/mol. The molecule has 122 valence electrons. The Morgan fingerprint density at radius 1 is 1.48 bits per heavy atom. The molecule has 1 aliphatic carbocycles. The third-order valence-corrected chi connectivity index (χ3v) is 5.14. The van der Waals surface area contributed by atoms with Gasteiger partial charge in [-0.2, -0.15) is 5.26 Å². The molecule has 1 amide bonds. The van der Waals surface area contributed by atoms with Crippen LogP contribution >= 0.6 is 0 Å². The van der Waals surface area contributed by atoms with Crippen LogP contribution in [0.3, 0.4) is 0 Å². The van der Waals surface area contributed by atoms with E-state index in [4.69, 9.17) is 0 Å². The molecule has 1 aliphatic heterocycles. The van der Waals surface area contributed by atoms with E-state index < -0.39 is 6.04 Å². The smallest absolute Gasteiger partial charge is 0.251 e. The zero-order valence-corrected chi connectivity index (χ0v) is 13.1. The molecule has 2 fully saturated rings. The zero-order valence-electron chi connectivity index (χ0n) is 13.1. The molecule has 1 spiro atoms. The summed E-state index contributed by atoms with van der Waals surface area (Å²) in [4.78, 5) is 26.7. The molecule has 0 bridgehead atoms. The van der Waals surface area contributed by atoms with E-state index in [1.54, 1.807) is 18.3 Å². The first kappa shape index (κ1) is 15.8. The van der Waals surface area contributed by atoms with Crippen molar-refractivity contribution in [1.29, 1.82) is 5.26 Å². The number of amides is 1. The van der Waals surface area contributed by atoms with Crippen LogP contribution in [0.4, 0.5) is 0 Å². The number of H-pyrrole nitrogens is 1. The third-order valence-electron chi connectivity index (χ3n) is 5.14. The summed E-state index contributed by atoms with van der Waals surface area (Å²) >= 11 is 0. The maximum atomic E-state index is 12.4. The van der Waals surface area contributed by atoms with Crippen molar-refractivity contribution < 1.29 is 4.79 Å². The predicted octanol–water partition coefficient (Wildman–Crippen LogP) is 0.848. The maximum Gasteiger partial charge on any atom is 0.251 e. The standard InChI is InChI=1S/C17H22N4O2/c18-10-13(8-12-4-3-7-19-15(12)22)21-16(23)14-9-17(11-20-14)5-1-2-6-17/h3-4,7,13-14,20H,1-2,5-6,8-9,11H2,(H,19,22)(H,21,23). The number of hydrogen-bond donors (Lipinski definition) is 3. The molecule has 2 atom stereocenters. The fourth-order valence-electron chi connectivity index (χ4n) is 3.85. The van der Waals surface area contributed by atoms with Gasteiger partial charge in [-0.1, -0.05) is 18.9 Å². The van der Waals surface area contributed by atoms with Gasteiger partial charge < -0.3 is 15.6 Å². The molecule has 1 saturated carbocycles. The summed E-state index contributed by atoms with van der Waals surface area (Å²) in [6.45, 7) is 0.890. The van der Waals surface area contributed by atoms with Gasteiger partial charge >= 0.3 is 0 Å². The SMILES string of the molecule is N#CC(Cc1ccc[nH]c1=O)NC(=O)C1CC2(CCCC2)CN1. The highest BCUT2D eigenvalue weighted by Gasteiger charge is 2.43. The monoisotopic (exact) mass is 314 g/mol. The van der Waals surface area contributed by atoms with E-state index >= 15 is 0 Å². The van der Waals surface area contributed by atoms with E-state index in [-0.39, 0.29) is 29.3 Å². The number of carbonyl (C=O) groups is 1. The van der Waals surface area contributed by atoms with E-state index in [0.29, 0.717) is 5.56 Å². The van der Waals surface area contributed by atoms with E-state index in [0.717, 1.165) is 13.0 Å². The summed E-state index contributed by atoms with van der Waals surface area (Å²) in [6, 6.07) is 4.56. The fourth-order valence-corrected chi connectivity index (χ4v) is 3.85. The van der Waals surface area contributed by atoms with Crippen LogP contribution in [0.25, 0.3) is 0 Å². The Hall–Kier alpha value is -2.13. The number of rotatable bonds is 4. The van der Waals surface area contributed by atoms with Crippen molar-refractivity contribution in [3.8, 4) is 6.07 Å². The Labute approximate surface area is 135 Å². The molecule has 0 radical (unpaired) electrons. The highest BCUT2D eigenvalue weighted by Crippen LogP contribution is 2.44. The fraction of sp³-hybridized carbons (Fsp3) is 0.588. The highest BCUT2D eigenvalue weighted by atomic mass is 16.2. The van der Waals surface area contributed by atoms with Gasteiger partial charge in [-0.05, 0) is 30.7 Å². The van der Waals surface area contributed by atoms with Crippen LogP contribution in [-0.4, -0.2) is 29.5 Å². The van der Waals surface area contributed by atoms with Gasteiger partial charge in [0.2, 0.25) is 5.91 Å². The molecule has 2 aliphatic rings. The van der Waals surface area contributed by atoms with Gasteiger partial charge in [0.25, 0.3) is 5.56 Å². The molecule has 1 aromatic rings. The predicted molar refractivity (Wildman–Crippen MR) is 85.6 cm³/mol. The average Bonchev–Trinajstić information content (AvgIpc) is 3.19. The van der Waals surface area contributed by atoms with E-state index in [1.165, 1.54) is 25.7 Å². The Morgan fingerprint density at radius 2 is 2.26 bits per heavy atom. The topological polar surface area (TPSA) is 97.8 Å². The number of pyridine rings is 1. The number of hydrogen-bond acceptors (Lipinski definition) is 4. The lowest BCUT2D eigenvalue weighted by Gasteiger charge is -2.21. The van der Waals surface area contributed by atoms with E-state index in [1.807, 2.05) is 0 Å². The second-order valence-corrected chi connectivity index (χ2v) is 6.76. The molecule has 1 aromatic heterocycles. The lowest BCUT2D eigenvalue weighted by Crippen LogP contribution is -2.45. The Kier molecular flexibility index (Phi) is 4.49. The Bertz CT molecular complexity index is 670. The summed E-state index contributed by atoms with van der Waals surface area (Å²) < 4.78 is 0. The number of aromatic amines is 1.